The van der Waals surface area contributed by atoms with Gasteiger partial charge in [0.05, 0.1) is 5.25 Å². The fourth-order valence-corrected chi connectivity index (χ4v) is 3.89. The molecule has 2 aromatic rings. The van der Waals surface area contributed by atoms with E-state index in [9.17, 15) is 4.79 Å². The minimum atomic E-state index is -0.0693. The van der Waals surface area contributed by atoms with Gasteiger partial charge in [-0.1, -0.05) is 35.4 Å². The lowest BCUT2D eigenvalue weighted by Gasteiger charge is -2.12. The maximum atomic E-state index is 12.5. The Bertz CT molecular complexity index is 714. The molecule has 21 heavy (non-hydrogen) atoms. The van der Waals surface area contributed by atoms with Crippen LogP contribution < -0.4 is 5.32 Å². The molecule has 1 aliphatic heterocycles. The van der Waals surface area contributed by atoms with Crippen molar-refractivity contribution in [1.82, 2.24) is 0 Å². The van der Waals surface area contributed by atoms with Crippen molar-refractivity contribution in [3.05, 3.63) is 58.1 Å². The van der Waals surface area contributed by atoms with Crippen LogP contribution in [-0.2, 0) is 11.2 Å². The highest BCUT2D eigenvalue weighted by atomic mass is 35.5. The highest BCUT2D eigenvalue weighted by molar-refractivity contribution is 8.01. The van der Waals surface area contributed by atoms with Crippen LogP contribution in [0.2, 0.25) is 5.02 Å². The number of rotatable bonds is 2. The molecule has 2 nitrogen and oxygen atoms in total. The molecule has 4 heteroatoms. The predicted octanol–water partition coefficient (Wildman–Crippen LogP) is 4.61. The predicted molar refractivity (Wildman–Crippen MR) is 89.3 cm³/mol. The number of halogens is 1. The highest BCUT2D eigenvalue weighted by Gasteiger charge is 2.28. The lowest BCUT2D eigenvalue weighted by Crippen LogP contribution is -2.25. The van der Waals surface area contributed by atoms with E-state index in [0.717, 1.165) is 17.7 Å². The van der Waals surface area contributed by atoms with E-state index in [2.05, 4.69) is 30.4 Å². The van der Waals surface area contributed by atoms with Gasteiger partial charge in [-0.25, -0.2) is 0 Å². The van der Waals surface area contributed by atoms with E-state index in [1.165, 1.54) is 16.0 Å². The Hall–Kier alpha value is -1.45. The fraction of sp³-hybridized carbons (Fsp3) is 0.235. The van der Waals surface area contributed by atoms with Crippen LogP contribution in [0.15, 0.2) is 41.3 Å². The maximum absolute atomic E-state index is 12.5. The summed E-state index contributed by atoms with van der Waals surface area (Å²) in [4.78, 5) is 13.7. The Labute approximate surface area is 133 Å². The molecule has 108 valence electrons. The van der Waals surface area contributed by atoms with Gasteiger partial charge in [0.2, 0.25) is 5.91 Å². The molecule has 1 aliphatic rings. The smallest absolute Gasteiger partial charge is 0.238 e. The number of carbonyl (C=O) groups is 1. The van der Waals surface area contributed by atoms with Crippen molar-refractivity contribution < 1.29 is 4.79 Å². The monoisotopic (exact) mass is 317 g/mol. The molecule has 0 radical (unpaired) electrons. The second-order valence-electron chi connectivity index (χ2n) is 5.37. The average Bonchev–Trinajstić information content (AvgIpc) is 2.86. The third-order valence-corrected chi connectivity index (χ3v) is 5.18. The SMILES string of the molecule is Cc1ccc2c(c1)S[C@@H](C(=O)Nc1cc(Cl)ccc1C)C2. The van der Waals surface area contributed by atoms with Gasteiger partial charge >= 0.3 is 0 Å². The zero-order chi connectivity index (χ0) is 15.0. The number of nitrogens with one attached hydrogen (secondary N) is 1. The van der Waals surface area contributed by atoms with Crippen molar-refractivity contribution in [2.75, 3.05) is 5.32 Å². The Kier molecular flexibility index (Phi) is 3.96. The average molecular weight is 318 g/mol. The summed E-state index contributed by atoms with van der Waals surface area (Å²) in [6.45, 7) is 4.04. The molecule has 1 N–H and O–H groups in total. The minimum absolute atomic E-state index is 0.0409. The number of fused-ring (bicyclic) bond motifs is 1. The molecule has 0 fully saturated rings. The summed E-state index contributed by atoms with van der Waals surface area (Å²) in [5.74, 6) is 0.0409. The van der Waals surface area contributed by atoms with Crippen molar-refractivity contribution in [2.24, 2.45) is 0 Å². The first-order chi connectivity index (χ1) is 10.0. The van der Waals surface area contributed by atoms with Gasteiger partial charge in [-0.2, -0.15) is 0 Å². The van der Waals surface area contributed by atoms with Gasteiger partial charge in [0, 0.05) is 15.6 Å². The lowest BCUT2D eigenvalue weighted by atomic mass is 10.1. The van der Waals surface area contributed by atoms with Gasteiger partial charge < -0.3 is 5.32 Å². The van der Waals surface area contributed by atoms with Crippen LogP contribution in [-0.4, -0.2) is 11.2 Å². The van der Waals surface area contributed by atoms with Gasteiger partial charge in [0.25, 0.3) is 0 Å². The summed E-state index contributed by atoms with van der Waals surface area (Å²) in [5.41, 5.74) is 4.30. The van der Waals surface area contributed by atoms with Crippen LogP contribution in [0.25, 0.3) is 0 Å². The van der Waals surface area contributed by atoms with Crippen LogP contribution in [0.4, 0.5) is 5.69 Å². The van der Waals surface area contributed by atoms with Gasteiger partial charge in [-0.3, -0.25) is 4.79 Å². The summed E-state index contributed by atoms with van der Waals surface area (Å²) < 4.78 is 0. The first-order valence-electron chi connectivity index (χ1n) is 6.86. The summed E-state index contributed by atoms with van der Waals surface area (Å²) in [5, 5.41) is 3.56. The Morgan fingerprint density at radius 1 is 1.24 bits per heavy atom. The zero-order valence-electron chi connectivity index (χ0n) is 11.9. The van der Waals surface area contributed by atoms with E-state index in [4.69, 9.17) is 11.6 Å². The van der Waals surface area contributed by atoms with Gasteiger partial charge in [-0.15, -0.1) is 11.8 Å². The highest BCUT2D eigenvalue weighted by Crippen LogP contribution is 2.38. The fourth-order valence-electron chi connectivity index (χ4n) is 2.42. The topological polar surface area (TPSA) is 29.1 Å². The lowest BCUT2D eigenvalue weighted by molar-refractivity contribution is -0.115. The standard InChI is InChI=1S/C17H16ClNOS/c1-10-3-5-12-8-16(21-15(12)7-10)17(20)19-14-9-13(18)6-4-11(14)2/h3-7,9,16H,8H2,1-2H3,(H,19,20)/t16-/m1/s1. The van der Waals surface area contributed by atoms with Crippen LogP contribution in [0.1, 0.15) is 16.7 Å². The van der Waals surface area contributed by atoms with E-state index in [-0.39, 0.29) is 11.2 Å². The van der Waals surface area contributed by atoms with Crippen LogP contribution in [0, 0.1) is 13.8 Å². The zero-order valence-corrected chi connectivity index (χ0v) is 13.5. The number of hydrogen-bond donors (Lipinski definition) is 1. The summed E-state index contributed by atoms with van der Waals surface area (Å²) in [6, 6.07) is 11.9. The number of anilines is 1. The number of carbonyl (C=O) groups excluding carboxylic acids is 1. The van der Waals surface area contributed by atoms with Gasteiger partial charge in [0.15, 0.2) is 0 Å². The Balaban J connectivity index is 1.74. The number of hydrogen-bond acceptors (Lipinski definition) is 2. The Morgan fingerprint density at radius 2 is 2.05 bits per heavy atom. The molecule has 0 saturated heterocycles. The van der Waals surface area contributed by atoms with E-state index < -0.39 is 0 Å². The number of amides is 1. The first kappa shape index (κ1) is 14.5. The molecule has 0 spiro atoms. The van der Waals surface area contributed by atoms with Crippen molar-refractivity contribution in [3.63, 3.8) is 0 Å². The molecular weight excluding hydrogens is 302 g/mol. The molecule has 2 aromatic carbocycles. The maximum Gasteiger partial charge on any atom is 0.238 e. The number of benzene rings is 2. The normalized spacial score (nSPS) is 16.6. The summed E-state index contributed by atoms with van der Waals surface area (Å²) in [6.07, 6.45) is 0.783. The Morgan fingerprint density at radius 3 is 2.86 bits per heavy atom. The van der Waals surface area contributed by atoms with E-state index >= 15 is 0 Å². The van der Waals surface area contributed by atoms with Gasteiger partial charge in [0.1, 0.15) is 0 Å². The molecule has 0 saturated carbocycles. The van der Waals surface area contributed by atoms with Crippen molar-refractivity contribution in [3.8, 4) is 0 Å². The number of aryl methyl sites for hydroxylation is 2. The van der Waals surface area contributed by atoms with Crippen LogP contribution >= 0.6 is 23.4 Å². The third kappa shape index (κ3) is 3.09. The molecule has 3 rings (SSSR count). The quantitative estimate of drug-likeness (QED) is 0.876. The minimum Gasteiger partial charge on any atom is -0.325 e. The molecule has 0 bridgehead atoms. The first-order valence-corrected chi connectivity index (χ1v) is 8.12. The molecule has 1 amide bonds. The van der Waals surface area contributed by atoms with Crippen molar-refractivity contribution in [1.29, 1.82) is 0 Å². The van der Waals surface area contributed by atoms with E-state index in [1.807, 2.05) is 19.1 Å². The van der Waals surface area contributed by atoms with Gasteiger partial charge in [-0.05, 0) is 49.6 Å². The van der Waals surface area contributed by atoms with Crippen LogP contribution in [0.3, 0.4) is 0 Å². The second kappa shape index (κ2) is 5.74. The molecular formula is C17H16ClNOS. The summed E-state index contributed by atoms with van der Waals surface area (Å²) in [7, 11) is 0. The van der Waals surface area contributed by atoms with Crippen LogP contribution in [0.5, 0.6) is 0 Å². The van der Waals surface area contributed by atoms with E-state index in [0.29, 0.717) is 5.02 Å². The third-order valence-electron chi connectivity index (χ3n) is 3.65. The molecule has 0 aromatic heterocycles. The molecule has 0 aliphatic carbocycles. The molecule has 1 atom stereocenters. The van der Waals surface area contributed by atoms with Crippen molar-refractivity contribution in [2.45, 2.75) is 30.4 Å². The largest absolute Gasteiger partial charge is 0.325 e. The number of thioether (sulfide) groups is 1. The van der Waals surface area contributed by atoms with E-state index in [1.54, 1.807) is 17.8 Å². The molecule has 1 heterocycles. The second-order valence-corrected chi connectivity index (χ2v) is 7.05. The van der Waals surface area contributed by atoms with Crippen molar-refractivity contribution >= 4 is 35.0 Å². The molecule has 0 unspecified atom stereocenters. The summed E-state index contributed by atoms with van der Waals surface area (Å²) >= 11 is 7.64.